The predicted octanol–water partition coefficient (Wildman–Crippen LogP) is 5.06. The van der Waals surface area contributed by atoms with Crippen molar-refractivity contribution in [3.63, 3.8) is 0 Å². The zero-order chi connectivity index (χ0) is 24.9. The van der Waals surface area contributed by atoms with Gasteiger partial charge < -0.3 is 14.6 Å². The molecule has 3 aromatic heterocycles. The summed E-state index contributed by atoms with van der Waals surface area (Å²) in [5, 5.41) is 11.5. The van der Waals surface area contributed by atoms with Crippen LogP contribution in [0.1, 0.15) is 72.8 Å². The molecule has 0 unspecified atom stereocenters. The quantitative estimate of drug-likeness (QED) is 0.536. The molecular weight excluding hydrogens is 460 g/mol. The minimum absolute atomic E-state index is 0.174. The van der Waals surface area contributed by atoms with Gasteiger partial charge in [0.1, 0.15) is 5.65 Å². The summed E-state index contributed by atoms with van der Waals surface area (Å²) < 4.78 is 2.27. The maximum atomic E-state index is 13.5. The van der Waals surface area contributed by atoms with E-state index in [0.717, 1.165) is 40.3 Å². The van der Waals surface area contributed by atoms with Crippen LogP contribution in [0, 0.1) is 25.7 Å². The molecule has 186 valence electrons. The molecule has 0 atom stereocenters. The number of carboxylic acids is 1. The van der Waals surface area contributed by atoms with Gasteiger partial charge in [-0.2, -0.15) is 0 Å². The third-order valence-corrected chi connectivity index (χ3v) is 8.78. The lowest BCUT2D eigenvalue weighted by Gasteiger charge is -2.40. The van der Waals surface area contributed by atoms with Crippen molar-refractivity contribution in [3.05, 3.63) is 45.2 Å². The Hall–Kier alpha value is -2.74. The van der Waals surface area contributed by atoms with Crippen molar-refractivity contribution >= 4 is 34.2 Å². The number of thiazole rings is 1. The first-order valence-corrected chi connectivity index (χ1v) is 13.4. The van der Waals surface area contributed by atoms with Crippen molar-refractivity contribution in [2.75, 3.05) is 6.54 Å². The summed E-state index contributed by atoms with van der Waals surface area (Å²) in [5.41, 5.74) is 4.26. The number of amides is 1. The summed E-state index contributed by atoms with van der Waals surface area (Å²) in [5.74, 6) is -0.505. The largest absolute Gasteiger partial charge is 0.481 e. The normalized spacial score (nSPS) is 21.8. The lowest BCUT2D eigenvalue weighted by atomic mass is 9.78. The number of hydrogen-bond acceptors (Lipinski definition) is 5. The summed E-state index contributed by atoms with van der Waals surface area (Å²) in [7, 11) is 0. The third kappa shape index (κ3) is 4.48. The monoisotopic (exact) mass is 494 g/mol. The minimum atomic E-state index is -0.702. The molecule has 0 bridgehead atoms. The smallest absolute Gasteiger partial charge is 0.306 e. The van der Waals surface area contributed by atoms with Gasteiger partial charge in [0.15, 0.2) is 0 Å². The topological polar surface area (TPSA) is 88.3 Å². The fraction of sp³-hybridized carbons (Fsp3) is 0.556. The molecule has 1 aliphatic heterocycles. The Morgan fingerprint density at radius 3 is 2.60 bits per heavy atom. The molecule has 1 fully saturated rings. The average molecular weight is 495 g/mol. The summed E-state index contributed by atoms with van der Waals surface area (Å²) in [4.78, 5) is 37.5. The zero-order valence-electron chi connectivity index (χ0n) is 21.0. The molecule has 0 spiro atoms. The molecule has 1 amide bonds. The number of carbonyl (C=O) groups is 2. The summed E-state index contributed by atoms with van der Waals surface area (Å²) in [6.45, 7) is 10.5. The number of aryl methyl sites for hydroxylation is 2. The summed E-state index contributed by atoms with van der Waals surface area (Å²) in [6.07, 6.45) is 5.33. The van der Waals surface area contributed by atoms with E-state index in [4.69, 9.17) is 9.97 Å². The first-order chi connectivity index (χ1) is 16.6. The second-order valence-corrected chi connectivity index (χ2v) is 12.3. The SMILES string of the molecule is Cc1nc(Cn2c3c(c4cccnc42)C(C)(C)CN(C(=O)CC2CCC(C(=O)O)CC2)C3)c(C)s1. The van der Waals surface area contributed by atoms with Gasteiger partial charge in [-0.1, -0.05) is 13.8 Å². The number of aliphatic carboxylic acids is 1. The molecule has 1 N–H and O–H groups in total. The fourth-order valence-corrected chi connectivity index (χ4v) is 6.97. The number of nitrogens with zero attached hydrogens (tertiary/aromatic N) is 4. The van der Waals surface area contributed by atoms with Crippen LogP contribution in [0.2, 0.25) is 0 Å². The standard InChI is InChI=1S/C27H34N4O3S/c1-16-21(29-17(2)35-16)13-31-22-14-30(23(32)12-18-7-9-19(10-8-18)26(33)34)15-27(3,4)24(22)20-6-5-11-28-25(20)31/h5-6,11,18-19H,7-10,12-15H2,1-4H3,(H,33,34). The Morgan fingerprint density at radius 1 is 1.20 bits per heavy atom. The van der Waals surface area contributed by atoms with E-state index in [0.29, 0.717) is 38.9 Å². The number of aromatic nitrogens is 3. The number of carboxylic acid groups (broad SMARTS) is 1. The second-order valence-electron chi connectivity index (χ2n) is 10.9. The van der Waals surface area contributed by atoms with Gasteiger partial charge in [-0.3, -0.25) is 9.59 Å². The van der Waals surface area contributed by atoms with Gasteiger partial charge in [0.05, 0.1) is 29.7 Å². The molecule has 7 nitrogen and oxygen atoms in total. The summed E-state index contributed by atoms with van der Waals surface area (Å²) in [6, 6.07) is 4.14. The van der Waals surface area contributed by atoms with Crippen molar-refractivity contribution in [2.24, 2.45) is 11.8 Å². The molecule has 4 heterocycles. The van der Waals surface area contributed by atoms with E-state index >= 15 is 0 Å². The van der Waals surface area contributed by atoms with Crippen LogP contribution < -0.4 is 0 Å². The van der Waals surface area contributed by atoms with Crippen LogP contribution in [0.3, 0.4) is 0 Å². The van der Waals surface area contributed by atoms with E-state index in [9.17, 15) is 14.7 Å². The van der Waals surface area contributed by atoms with E-state index in [1.54, 1.807) is 11.3 Å². The van der Waals surface area contributed by atoms with E-state index in [-0.39, 0.29) is 23.2 Å². The van der Waals surface area contributed by atoms with E-state index < -0.39 is 5.97 Å². The third-order valence-electron chi connectivity index (χ3n) is 7.85. The summed E-state index contributed by atoms with van der Waals surface area (Å²) >= 11 is 1.71. The average Bonchev–Trinajstić information content (AvgIpc) is 3.30. The minimum Gasteiger partial charge on any atom is -0.481 e. The molecule has 1 saturated carbocycles. The molecule has 0 aromatic carbocycles. The van der Waals surface area contributed by atoms with E-state index in [1.165, 1.54) is 10.4 Å². The molecule has 0 saturated heterocycles. The van der Waals surface area contributed by atoms with E-state index in [2.05, 4.69) is 31.4 Å². The highest BCUT2D eigenvalue weighted by Crippen LogP contribution is 2.41. The maximum absolute atomic E-state index is 13.5. The molecule has 35 heavy (non-hydrogen) atoms. The van der Waals surface area contributed by atoms with Crippen LogP contribution in [-0.2, 0) is 28.1 Å². The Kier molecular flexibility index (Phi) is 6.20. The van der Waals surface area contributed by atoms with Crippen molar-refractivity contribution in [3.8, 4) is 0 Å². The zero-order valence-corrected chi connectivity index (χ0v) is 21.8. The molecule has 3 aromatic rings. The van der Waals surface area contributed by atoms with Crippen LogP contribution in [0.5, 0.6) is 0 Å². The highest BCUT2D eigenvalue weighted by Gasteiger charge is 2.39. The second kappa shape index (κ2) is 9.04. The fourth-order valence-electron chi connectivity index (χ4n) is 6.14. The first kappa shape index (κ1) is 24.0. The van der Waals surface area contributed by atoms with Crippen LogP contribution in [0.25, 0.3) is 11.0 Å². The number of hydrogen-bond donors (Lipinski definition) is 1. The van der Waals surface area contributed by atoms with Crippen molar-refractivity contribution in [1.82, 2.24) is 19.4 Å². The van der Waals surface area contributed by atoms with Crippen molar-refractivity contribution in [1.29, 1.82) is 0 Å². The highest BCUT2D eigenvalue weighted by atomic mass is 32.1. The lowest BCUT2D eigenvalue weighted by molar-refractivity contribution is -0.143. The van der Waals surface area contributed by atoms with Gasteiger partial charge in [-0.15, -0.1) is 11.3 Å². The lowest BCUT2D eigenvalue weighted by Crippen LogP contribution is -2.46. The highest BCUT2D eigenvalue weighted by molar-refractivity contribution is 7.11. The van der Waals surface area contributed by atoms with Gasteiger partial charge in [0.2, 0.25) is 5.91 Å². The maximum Gasteiger partial charge on any atom is 0.306 e. The molecule has 2 aliphatic rings. The Labute approximate surface area is 210 Å². The Bertz CT molecular complexity index is 1280. The van der Waals surface area contributed by atoms with Crippen LogP contribution in [0.4, 0.5) is 0 Å². The van der Waals surface area contributed by atoms with Crippen LogP contribution in [-0.4, -0.2) is 43.0 Å². The van der Waals surface area contributed by atoms with E-state index in [1.807, 2.05) is 24.1 Å². The van der Waals surface area contributed by atoms with Gasteiger partial charge in [-0.05, 0) is 63.1 Å². The molecular formula is C27H34N4O3S. The van der Waals surface area contributed by atoms with Gasteiger partial charge in [0, 0.05) is 40.5 Å². The van der Waals surface area contributed by atoms with Crippen LogP contribution >= 0.6 is 11.3 Å². The van der Waals surface area contributed by atoms with Gasteiger partial charge in [-0.25, -0.2) is 9.97 Å². The van der Waals surface area contributed by atoms with Gasteiger partial charge >= 0.3 is 5.97 Å². The van der Waals surface area contributed by atoms with Crippen LogP contribution in [0.15, 0.2) is 18.3 Å². The van der Waals surface area contributed by atoms with Crippen molar-refractivity contribution < 1.29 is 14.7 Å². The molecule has 5 rings (SSSR count). The molecule has 1 aliphatic carbocycles. The first-order valence-electron chi connectivity index (χ1n) is 12.5. The van der Waals surface area contributed by atoms with Gasteiger partial charge in [0.25, 0.3) is 0 Å². The molecule has 0 radical (unpaired) electrons. The Balaban J connectivity index is 1.44. The predicted molar refractivity (Wildman–Crippen MR) is 137 cm³/mol. The molecule has 8 heteroatoms. The number of fused-ring (bicyclic) bond motifs is 3. The Morgan fingerprint density at radius 2 is 1.94 bits per heavy atom. The van der Waals surface area contributed by atoms with Crippen molar-refractivity contribution in [2.45, 2.75) is 78.3 Å². The number of pyridine rings is 1. The number of rotatable bonds is 5. The number of carbonyl (C=O) groups excluding carboxylic acids is 1.